The molecule has 1 aliphatic heterocycles. The van der Waals surface area contributed by atoms with E-state index < -0.39 is 34.0 Å². The van der Waals surface area contributed by atoms with Gasteiger partial charge in [-0.15, -0.1) is 0 Å². The van der Waals surface area contributed by atoms with Crippen molar-refractivity contribution < 1.29 is 22.7 Å². The molecule has 2 fully saturated rings. The highest BCUT2D eigenvalue weighted by Crippen LogP contribution is 2.41. The molecule has 0 amide bonds. The van der Waals surface area contributed by atoms with E-state index in [1.54, 1.807) is 19.1 Å². The smallest absolute Gasteiger partial charge is 0.324 e. The number of ketones is 1. The maximum absolute atomic E-state index is 13.6. The van der Waals surface area contributed by atoms with Crippen molar-refractivity contribution in [3.05, 3.63) is 29.8 Å². The van der Waals surface area contributed by atoms with E-state index >= 15 is 0 Å². The molecule has 3 rings (SSSR count). The van der Waals surface area contributed by atoms with Gasteiger partial charge in [-0.2, -0.15) is 4.31 Å². The molecule has 1 aromatic carbocycles. The van der Waals surface area contributed by atoms with E-state index in [0.29, 0.717) is 12.8 Å². The van der Waals surface area contributed by atoms with Crippen molar-refractivity contribution in [2.24, 2.45) is 5.92 Å². The quantitative estimate of drug-likeness (QED) is 0.696. The first-order valence-electron chi connectivity index (χ1n) is 10.4. The number of nitrogens with zero attached hydrogens (tertiary/aromatic N) is 1. The van der Waals surface area contributed by atoms with Crippen LogP contribution in [0.2, 0.25) is 0 Å². The normalized spacial score (nSPS) is 26.1. The van der Waals surface area contributed by atoms with Crippen LogP contribution in [0.25, 0.3) is 0 Å². The van der Waals surface area contributed by atoms with Crippen LogP contribution in [0.3, 0.4) is 0 Å². The van der Waals surface area contributed by atoms with Crippen molar-refractivity contribution in [2.75, 3.05) is 6.61 Å². The lowest BCUT2D eigenvalue weighted by Gasteiger charge is -2.29. The summed E-state index contributed by atoms with van der Waals surface area (Å²) in [7, 11) is -3.94. The van der Waals surface area contributed by atoms with Crippen molar-refractivity contribution in [1.29, 1.82) is 0 Å². The van der Waals surface area contributed by atoms with Crippen molar-refractivity contribution in [1.82, 2.24) is 4.31 Å². The van der Waals surface area contributed by atoms with Crippen LogP contribution in [-0.2, 0) is 29.8 Å². The Morgan fingerprint density at radius 1 is 1.17 bits per heavy atom. The third kappa shape index (κ3) is 4.26. The molecule has 6 nitrogen and oxygen atoms in total. The molecule has 160 valence electrons. The number of hydrogen-bond acceptors (Lipinski definition) is 5. The summed E-state index contributed by atoms with van der Waals surface area (Å²) >= 11 is 0. The van der Waals surface area contributed by atoms with Crippen LogP contribution in [0.15, 0.2) is 29.2 Å². The number of Topliss-reactive ketones (excluding diaryl/α,β-unsaturated/α-hetero) is 1. The zero-order valence-corrected chi connectivity index (χ0v) is 18.5. The standard InChI is InChI=1S/C22H31NO5S/c1-5-28-21(25)19-14-17-18(8-6-7-9-20(17)24)23(19)29(26,27)16-12-10-15(11-13-16)22(2,3)4/h10-13,17-19H,5-9,14H2,1-4H3/t17-,18-,19-/m0/s1. The fraction of sp³-hybridized carbons (Fsp3) is 0.636. The molecule has 0 radical (unpaired) electrons. The van der Waals surface area contributed by atoms with Crippen LogP contribution in [-0.4, -0.2) is 43.2 Å². The third-order valence-corrected chi connectivity index (χ3v) is 7.96. The Kier molecular flexibility index (Phi) is 6.20. The summed E-state index contributed by atoms with van der Waals surface area (Å²) in [5.74, 6) is -0.943. The lowest BCUT2D eigenvalue weighted by atomic mass is 9.87. The van der Waals surface area contributed by atoms with Gasteiger partial charge in [0, 0.05) is 18.4 Å². The van der Waals surface area contributed by atoms with Gasteiger partial charge in [-0.1, -0.05) is 39.3 Å². The molecule has 1 saturated heterocycles. The average Bonchev–Trinajstić information content (AvgIpc) is 2.96. The number of hydrogen-bond donors (Lipinski definition) is 0. The van der Waals surface area contributed by atoms with E-state index in [1.165, 1.54) is 4.31 Å². The summed E-state index contributed by atoms with van der Waals surface area (Å²) in [5.41, 5.74) is 0.935. The number of fused-ring (bicyclic) bond motifs is 1. The maximum atomic E-state index is 13.6. The van der Waals surface area contributed by atoms with Gasteiger partial charge < -0.3 is 4.74 Å². The monoisotopic (exact) mass is 421 g/mol. The molecular formula is C22H31NO5S. The van der Waals surface area contributed by atoms with Crippen LogP contribution < -0.4 is 0 Å². The van der Waals surface area contributed by atoms with Gasteiger partial charge in [-0.3, -0.25) is 9.59 Å². The number of carbonyl (C=O) groups excluding carboxylic acids is 2. The highest BCUT2D eigenvalue weighted by atomic mass is 32.2. The summed E-state index contributed by atoms with van der Waals surface area (Å²) in [6.45, 7) is 8.06. The second-order valence-electron chi connectivity index (χ2n) is 9.00. The van der Waals surface area contributed by atoms with E-state index in [2.05, 4.69) is 20.8 Å². The number of sulfonamides is 1. The molecule has 1 aromatic rings. The molecule has 29 heavy (non-hydrogen) atoms. The van der Waals surface area contributed by atoms with Gasteiger partial charge in [0.15, 0.2) is 0 Å². The average molecular weight is 422 g/mol. The van der Waals surface area contributed by atoms with E-state index in [1.807, 2.05) is 12.1 Å². The summed E-state index contributed by atoms with van der Waals surface area (Å²) in [6, 6.07) is 5.41. The Bertz CT molecular complexity index is 869. The largest absolute Gasteiger partial charge is 0.465 e. The summed E-state index contributed by atoms with van der Waals surface area (Å²) in [5, 5.41) is 0. The van der Waals surface area contributed by atoms with Gasteiger partial charge in [0.25, 0.3) is 0 Å². The molecule has 7 heteroatoms. The Morgan fingerprint density at radius 2 is 1.83 bits per heavy atom. The second-order valence-corrected chi connectivity index (χ2v) is 10.8. The predicted molar refractivity (Wildman–Crippen MR) is 110 cm³/mol. The van der Waals surface area contributed by atoms with Crippen molar-refractivity contribution in [3.63, 3.8) is 0 Å². The zero-order chi connectivity index (χ0) is 21.4. The highest BCUT2D eigenvalue weighted by molar-refractivity contribution is 7.89. The molecular weight excluding hydrogens is 390 g/mol. The number of esters is 1. The minimum atomic E-state index is -3.94. The number of carbonyl (C=O) groups is 2. The highest BCUT2D eigenvalue weighted by Gasteiger charge is 2.53. The lowest BCUT2D eigenvalue weighted by molar-refractivity contribution is -0.147. The Morgan fingerprint density at radius 3 is 2.41 bits per heavy atom. The molecule has 0 aromatic heterocycles. The minimum Gasteiger partial charge on any atom is -0.465 e. The zero-order valence-electron chi connectivity index (χ0n) is 17.7. The van der Waals surface area contributed by atoms with Gasteiger partial charge in [0.05, 0.1) is 11.5 Å². The Labute approximate surface area is 173 Å². The fourth-order valence-electron chi connectivity index (χ4n) is 4.46. The predicted octanol–water partition coefficient (Wildman–Crippen LogP) is 3.44. The van der Waals surface area contributed by atoms with Crippen molar-refractivity contribution >= 4 is 21.8 Å². The van der Waals surface area contributed by atoms with Gasteiger partial charge in [0.2, 0.25) is 10.0 Å². The van der Waals surface area contributed by atoms with Gasteiger partial charge in [-0.05, 0) is 49.3 Å². The first-order valence-corrected chi connectivity index (χ1v) is 11.8. The first kappa shape index (κ1) is 22.0. The maximum Gasteiger partial charge on any atom is 0.324 e. The molecule has 0 N–H and O–H groups in total. The van der Waals surface area contributed by atoms with Crippen LogP contribution >= 0.6 is 0 Å². The van der Waals surface area contributed by atoms with E-state index in [0.717, 1.165) is 18.4 Å². The van der Waals surface area contributed by atoms with Crippen LogP contribution in [0.4, 0.5) is 0 Å². The van der Waals surface area contributed by atoms with Crippen LogP contribution in [0.5, 0.6) is 0 Å². The van der Waals surface area contributed by atoms with Gasteiger partial charge >= 0.3 is 5.97 Å². The molecule has 0 spiro atoms. The van der Waals surface area contributed by atoms with E-state index in [-0.39, 0.29) is 29.1 Å². The molecule has 1 saturated carbocycles. The van der Waals surface area contributed by atoms with Crippen LogP contribution in [0, 0.1) is 5.92 Å². The van der Waals surface area contributed by atoms with Crippen molar-refractivity contribution in [2.45, 2.75) is 82.2 Å². The first-order chi connectivity index (χ1) is 13.6. The molecule has 2 aliphatic rings. The molecule has 1 heterocycles. The van der Waals surface area contributed by atoms with Crippen molar-refractivity contribution in [3.8, 4) is 0 Å². The molecule has 0 bridgehead atoms. The second kappa shape index (κ2) is 8.19. The van der Waals surface area contributed by atoms with Gasteiger partial charge in [-0.25, -0.2) is 8.42 Å². The number of benzene rings is 1. The number of rotatable bonds is 4. The Balaban J connectivity index is 2.02. The van der Waals surface area contributed by atoms with E-state index in [9.17, 15) is 18.0 Å². The Hall–Kier alpha value is -1.73. The molecule has 1 aliphatic carbocycles. The van der Waals surface area contributed by atoms with Crippen LogP contribution in [0.1, 0.15) is 65.4 Å². The summed E-state index contributed by atoms with van der Waals surface area (Å²) < 4.78 is 33.6. The SMILES string of the molecule is CCOC(=O)[C@@H]1C[C@@H]2C(=O)CCCC[C@@H]2N1S(=O)(=O)c1ccc(C(C)(C)C)cc1. The fourth-order valence-corrected chi connectivity index (χ4v) is 6.29. The summed E-state index contributed by atoms with van der Waals surface area (Å²) in [6.07, 6.45) is 2.79. The summed E-state index contributed by atoms with van der Waals surface area (Å²) in [4.78, 5) is 25.4. The lowest BCUT2D eigenvalue weighted by Crippen LogP contribution is -2.46. The minimum absolute atomic E-state index is 0.0579. The molecule has 0 unspecified atom stereocenters. The number of ether oxygens (including phenoxy) is 1. The topological polar surface area (TPSA) is 80.8 Å². The van der Waals surface area contributed by atoms with E-state index in [4.69, 9.17) is 4.74 Å². The van der Waals surface area contributed by atoms with Gasteiger partial charge in [0.1, 0.15) is 11.8 Å². The third-order valence-electron chi connectivity index (χ3n) is 6.02. The molecule has 3 atom stereocenters.